The van der Waals surface area contributed by atoms with Gasteiger partial charge in [-0.05, 0) is 36.7 Å². The molecule has 0 aliphatic carbocycles. The highest BCUT2D eigenvalue weighted by molar-refractivity contribution is 9.10. The fourth-order valence-corrected chi connectivity index (χ4v) is 2.10. The first-order valence-corrected chi connectivity index (χ1v) is 6.81. The van der Waals surface area contributed by atoms with E-state index in [0.717, 1.165) is 0 Å². The van der Waals surface area contributed by atoms with E-state index in [1.165, 1.54) is 11.3 Å². The van der Waals surface area contributed by atoms with E-state index in [1.54, 1.807) is 26.2 Å². The van der Waals surface area contributed by atoms with Gasteiger partial charge in [-0.3, -0.25) is 4.79 Å². The third-order valence-corrected chi connectivity index (χ3v) is 2.98. The van der Waals surface area contributed by atoms with E-state index in [2.05, 4.69) is 31.5 Å². The first kappa shape index (κ1) is 14.9. The van der Waals surface area contributed by atoms with Gasteiger partial charge in [-0.2, -0.15) is 0 Å². The molecular formula is C10H14BrN3O3S. The van der Waals surface area contributed by atoms with Crippen LogP contribution in [0.2, 0.25) is 0 Å². The number of carbonyl (C=O) groups excluding carboxylic acids is 2. The Hall–Kier alpha value is -1.15. The Morgan fingerprint density at radius 1 is 1.50 bits per heavy atom. The normalized spacial score (nSPS) is 10.9. The first-order chi connectivity index (χ1) is 8.26. The number of carbonyl (C=O) groups is 2. The molecule has 0 fully saturated rings. The second-order valence-corrected chi connectivity index (χ2v) is 6.05. The fraction of sp³-hybridized carbons (Fsp3) is 0.500. The number of alkyl carbamates (subject to hydrolysis) is 1. The Labute approximate surface area is 117 Å². The average Bonchev–Trinajstić information content (AvgIpc) is 2.58. The van der Waals surface area contributed by atoms with E-state index in [9.17, 15) is 9.59 Å². The number of hydrogen-bond acceptors (Lipinski definition) is 5. The van der Waals surface area contributed by atoms with Crippen LogP contribution < -0.4 is 10.6 Å². The molecule has 0 spiro atoms. The van der Waals surface area contributed by atoms with Crippen LogP contribution in [0.3, 0.4) is 0 Å². The van der Waals surface area contributed by atoms with Crippen molar-refractivity contribution in [1.29, 1.82) is 0 Å². The molecule has 0 atom stereocenters. The molecule has 1 aromatic heterocycles. The van der Waals surface area contributed by atoms with Gasteiger partial charge in [-0.1, -0.05) is 0 Å². The second kappa shape index (κ2) is 6.14. The highest BCUT2D eigenvalue weighted by Crippen LogP contribution is 2.18. The monoisotopic (exact) mass is 335 g/mol. The predicted octanol–water partition coefficient (Wildman–Crippen LogP) is 2.37. The minimum Gasteiger partial charge on any atom is -0.444 e. The number of nitrogens with zero attached hydrogens (tertiary/aromatic N) is 1. The van der Waals surface area contributed by atoms with Gasteiger partial charge in [-0.25, -0.2) is 9.78 Å². The van der Waals surface area contributed by atoms with Crippen LogP contribution in [0.5, 0.6) is 0 Å². The molecule has 18 heavy (non-hydrogen) atoms. The lowest BCUT2D eigenvalue weighted by atomic mass is 10.2. The van der Waals surface area contributed by atoms with Crippen molar-refractivity contribution >= 4 is 44.4 Å². The summed E-state index contributed by atoms with van der Waals surface area (Å²) in [6.45, 7) is 5.09. The van der Waals surface area contributed by atoms with E-state index >= 15 is 0 Å². The maximum Gasteiger partial charge on any atom is 0.408 e. The number of halogens is 1. The highest BCUT2D eigenvalue weighted by atomic mass is 79.9. The molecule has 0 saturated heterocycles. The van der Waals surface area contributed by atoms with Crippen LogP contribution in [0.1, 0.15) is 20.8 Å². The zero-order chi connectivity index (χ0) is 13.8. The zero-order valence-electron chi connectivity index (χ0n) is 10.2. The lowest BCUT2D eigenvalue weighted by molar-refractivity contribution is -0.115. The van der Waals surface area contributed by atoms with Crippen molar-refractivity contribution in [2.45, 2.75) is 26.4 Å². The summed E-state index contributed by atoms with van der Waals surface area (Å²) >= 11 is 4.46. The third-order valence-electron chi connectivity index (χ3n) is 1.51. The van der Waals surface area contributed by atoms with Gasteiger partial charge in [0.25, 0.3) is 0 Å². The molecule has 8 heteroatoms. The van der Waals surface area contributed by atoms with Crippen molar-refractivity contribution in [3.8, 4) is 0 Å². The standard InChI is InChI=1S/C10H14BrN3O3S/c1-10(2,3)17-9(16)12-4-7(15)14-8-13-6(11)5-18-8/h5H,4H2,1-3H3,(H,12,16)(H,13,14,15). The van der Waals surface area contributed by atoms with Crippen LogP contribution in [0.25, 0.3) is 0 Å². The smallest absolute Gasteiger partial charge is 0.408 e. The maximum atomic E-state index is 11.5. The summed E-state index contributed by atoms with van der Waals surface area (Å²) in [7, 11) is 0. The minimum absolute atomic E-state index is 0.161. The van der Waals surface area contributed by atoms with E-state index in [0.29, 0.717) is 9.73 Å². The van der Waals surface area contributed by atoms with Gasteiger partial charge >= 0.3 is 6.09 Å². The van der Waals surface area contributed by atoms with Crippen molar-refractivity contribution < 1.29 is 14.3 Å². The van der Waals surface area contributed by atoms with Crippen LogP contribution in [-0.4, -0.2) is 29.1 Å². The molecule has 0 aliphatic heterocycles. The van der Waals surface area contributed by atoms with Crippen molar-refractivity contribution in [2.75, 3.05) is 11.9 Å². The van der Waals surface area contributed by atoms with Crippen LogP contribution in [-0.2, 0) is 9.53 Å². The van der Waals surface area contributed by atoms with Gasteiger partial charge in [0.2, 0.25) is 5.91 Å². The number of aromatic nitrogens is 1. The number of ether oxygens (including phenoxy) is 1. The average molecular weight is 336 g/mol. The molecule has 1 aromatic rings. The topological polar surface area (TPSA) is 80.3 Å². The van der Waals surface area contributed by atoms with E-state index in [1.807, 2.05) is 0 Å². The summed E-state index contributed by atoms with van der Waals surface area (Å²) < 4.78 is 5.65. The molecule has 0 bridgehead atoms. The molecule has 2 amide bonds. The minimum atomic E-state index is -0.627. The molecular weight excluding hydrogens is 322 g/mol. The van der Waals surface area contributed by atoms with Crippen LogP contribution in [0, 0.1) is 0 Å². The van der Waals surface area contributed by atoms with Gasteiger partial charge in [0.15, 0.2) is 5.13 Å². The molecule has 1 heterocycles. The van der Waals surface area contributed by atoms with E-state index in [4.69, 9.17) is 4.74 Å². The molecule has 0 unspecified atom stereocenters. The predicted molar refractivity (Wildman–Crippen MR) is 72.7 cm³/mol. The van der Waals surface area contributed by atoms with Crippen molar-refractivity contribution in [2.24, 2.45) is 0 Å². The second-order valence-electron chi connectivity index (χ2n) is 4.38. The Morgan fingerprint density at radius 3 is 2.67 bits per heavy atom. The largest absolute Gasteiger partial charge is 0.444 e. The van der Waals surface area contributed by atoms with Crippen LogP contribution in [0.15, 0.2) is 9.98 Å². The molecule has 0 saturated carbocycles. The van der Waals surface area contributed by atoms with Crippen molar-refractivity contribution in [1.82, 2.24) is 10.3 Å². The number of rotatable bonds is 3. The Balaban J connectivity index is 2.31. The van der Waals surface area contributed by atoms with Crippen molar-refractivity contribution in [3.63, 3.8) is 0 Å². The van der Waals surface area contributed by atoms with Crippen LogP contribution >= 0.6 is 27.3 Å². The molecule has 2 N–H and O–H groups in total. The zero-order valence-corrected chi connectivity index (χ0v) is 12.6. The number of thiazole rings is 1. The summed E-state index contributed by atoms with van der Waals surface area (Å²) in [6.07, 6.45) is -0.627. The number of nitrogens with one attached hydrogen (secondary N) is 2. The summed E-state index contributed by atoms with van der Waals surface area (Å²) in [4.78, 5) is 26.7. The molecule has 6 nitrogen and oxygen atoms in total. The summed E-state index contributed by atoms with van der Waals surface area (Å²) in [5.41, 5.74) is -0.583. The lowest BCUT2D eigenvalue weighted by Crippen LogP contribution is -2.37. The Bertz CT molecular complexity index is 442. The van der Waals surface area contributed by atoms with Gasteiger partial charge in [0, 0.05) is 5.38 Å². The quantitative estimate of drug-likeness (QED) is 0.888. The summed E-state index contributed by atoms with van der Waals surface area (Å²) in [5, 5.41) is 7.12. The molecule has 0 aliphatic rings. The summed E-state index contributed by atoms with van der Waals surface area (Å²) in [5.74, 6) is -0.359. The SMILES string of the molecule is CC(C)(C)OC(=O)NCC(=O)Nc1nc(Br)cs1. The van der Waals surface area contributed by atoms with Crippen LogP contribution in [0.4, 0.5) is 9.93 Å². The number of amides is 2. The Kier molecular flexibility index (Phi) is 5.09. The number of anilines is 1. The highest BCUT2D eigenvalue weighted by Gasteiger charge is 2.16. The van der Waals surface area contributed by atoms with Gasteiger partial charge in [-0.15, -0.1) is 11.3 Å². The molecule has 0 aromatic carbocycles. The lowest BCUT2D eigenvalue weighted by Gasteiger charge is -2.19. The third kappa shape index (κ3) is 5.97. The fourth-order valence-electron chi connectivity index (χ4n) is 0.942. The Morgan fingerprint density at radius 2 is 2.17 bits per heavy atom. The molecule has 1 rings (SSSR count). The summed E-state index contributed by atoms with van der Waals surface area (Å²) in [6, 6.07) is 0. The van der Waals surface area contributed by atoms with Gasteiger partial charge in [0.1, 0.15) is 16.7 Å². The van der Waals surface area contributed by atoms with E-state index < -0.39 is 11.7 Å². The van der Waals surface area contributed by atoms with Gasteiger partial charge in [0.05, 0.1) is 0 Å². The molecule has 100 valence electrons. The van der Waals surface area contributed by atoms with E-state index in [-0.39, 0.29) is 12.5 Å². The first-order valence-electron chi connectivity index (χ1n) is 5.14. The maximum absolute atomic E-state index is 11.5. The number of hydrogen-bond donors (Lipinski definition) is 2. The van der Waals surface area contributed by atoms with Gasteiger partial charge < -0.3 is 15.4 Å². The molecule has 0 radical (unpaired) electrons. The van der Waals surface area contributed by atoms with Crippen molar-refractivity contribution in [3.05, 3.63) is 9.98 Å².